The summed E-state index contributed by atoms with van der Waals surface area (Å²) in [5, 5.41) is 2.94. The Balaban J connectivity index is 2.08. The quantitative estimate of drug-likeness (QED) is 0.856. The second-order valence-electron chi connectivity index (χ2n) is 3.71. The van der Waals surface area contributed by atoms with E-state index in [1.807, 2.05) is 19.1 Å². The van der Waals surface area contributed by atoms with Gasteiger partial charge in [-0.3, -0.25) is 9.78 Å². The van der Waals surface area contributed by atoms with Gasteiger partial charge in [0.25, 0.3) is 5.91 Å². The summed E-state index contributed by atoms with van der Waals surface area (Å²) < 4.78 is 1.81. The molecule has 3 nitrogen and oxygen atoms in total. The van der Waals surface area contributed by atoms with Gasteiger partial charge in [0.1, 0.15) is 0 Å². The zero-order valence-electron chi connectivity index (χ0n) is 9.48. The molecule has 0 fully saturated rings. The van der Waals surface area contributed by atoms with E-state index < -0.39 is 0 Å². The summed E-state index contributed by atoms with van der Waals surface area (Å²) in [5.41, 5.74) is 0.987. The summed E-state index contributed by atoms with van der Waals surface area (Å²) in [4.78, 5) is 16.7. The minimum absolute atomic E-state index is 0.0640. The van der Waals surface area contributed by atoms with Crippen molar-refractivity contribution in [3.05, 3.63) is 49.3 Å². The van der Waals surface area contributed by atoms with E-state index >= 15 is 0 Å². The van der Waals surface area contributed by atoms with Gasteiger partial charge in [0.05, 0.1) is 14.7 Å². The van der Waals surface area contributed by atoms with Crippen LogP contribution in [-0.4, -0.2) is 10.9 Å². The van der Waals surface area contributed by atoms with Gasteiger partial charge in [0.2, 0.25) is 0 Å². The van der Waals surface area contributed by atoms with E-state index in [0.717, 1.165) is 13.8 Å². The molecule has 0 unspecified atom stereocenters. The van der Waals surface area contributed by atoms with E-state index in [1.54, 1.807) is 18.5 Å². The number of carbonyl (C=O) groups excluding carboxylic acids is 1. The maximum absolute atomic E-state index is 12.0. The van der Waals surface area contributed by atoms with Crippen molar-refractivity contribution in [3.63, 3.8) is 0 Å². The molecule has 0 bridgehead atoms. The number of halogens is 2. The van der Waals surface area contributed by atoms with Gasteiger partial charge in [0.15, 0.2) is 0 Å². The Kier molecular flexibility index (Phi) is 4.53. The normalized spacial score (nSPS) is 12.2. The van der Waals surface area contributed by atoms with Crippen LogP contribution < -0.4 is 5.32 Å². The average molecular weight is 390 g/mol. The predicted molar refractivity (Wildman–Crippen MR) is 79.8 cm³/mol. The number of thiophene rings is 1. The highest BCUT2D eigenvalue weighted by Crippen LogP contribution is 2.32. The molecule has 0 aromatic carbocycles. The van der Waals surface area contributed by atoms with E-state index in [-0.39, 0.29) is 11.9 Å². The zero-order valence-corrected chi connectivity index (χ0v) is 13.5. The molecule has 94 valence electrons. The van der Waals surface area contributed by atoms with Crippen molar-refractivity contribution in [2.75, 3.05) is 0 Å². The number of aromatic nitrogens is 1. The maximum atomic E-state index is 12.0. The third-order valence-corrected chi connectivity index (χ3v) is 5.66. The van der Waals surface area contributed by atoms with E-state index in [0.29, 0.717) is 4.88 Å². The van der Waals surface area contributed by atoms with Crippen molar-refractivity contribution in [3.8, 4) is 0 Å². The first-order valence-electron chi connectivity index (χ1n) is 5.23. The van der Waals surface area contributed by atoms with Gasteiger partial charge in [-0.2, -0.15) is 0 Å². The summed E-state index contributed by atoms with van der Waals surface area (Å²) in [7, 11) is 0. The molecule has 1 amide bonds. The van der Waals surface area contributed by atoms with Crippen LogP contribution in [0.4, 0.5) is 0 Å². The lowest BCUT2D eigenvalue weighted by Gasteiger charge is -2.12. The van der Waals surface area contributed by atoms with Gasteiger partial charge in [0, 0.05) is 16.9 Å². The Bertz CT molecular complexity index is 537. The Hall–Kier alpha value is -0.720. The lowest BCUT2D eigenvalue weighted by atomic mass is 10.1. The highest BCUT2D eigenvalue weighted by atomic mass is 79.9. The standard InChI is InChI=1S/C12H10Br2N2OS/c1-7(8-3-2-4-15-6-8)16-12(17)10-5-9(13)11(14)18-10/h2-7H,1H3,(H,16,17)/t7-/m0/s1. The molecule has 2 heterocycles. The lowest BCUT2D eigenvalue weighted by molar-refractivity contribution is 0.0944. The molecular formula is C12H10Br2N2OS. The molecule has 0 saturated heterocycles. The molecule has 0 aliphatic rings. The molecule has 0 aliphatic heterocycles. The highest BCUT2D eigenvalue weighted by molar-refractivity contribution is 9.13. The molecule has 2 aromatic heterocycles. The fourth-order valence-electron chi connectivity index (χ4n) is 1.44. The molecule has 1 atom stereocenters. The smallest absolute Gasteiger partial charge is 0.261 e. The Morgan fingerprint density at radius 3 is 2.83 bits per heavy atom. The van der Waals surface area contributed by atoms with Crippen molar-refractivity contribution < 1.29 is 4.79 Å². The summed E-state index contributed by atoms with van der Waals surface area (Å²) in [6.45, 7) is 1.94. The number of amides is 1. The monoisotopic (exact) mass is 388 g/mol. The SMILES string of the molecule is C[C@H](NC(=O)c1cc(Br)c(Br)s1)c1cccnc1. The highest BCUT2D eigenvalue weighted by Gasteiger charge is 2.15. The topological polar surface area (TPSA) is 42.0 Å². The van der Waals surface area contributed by atoms with Gasteiger partial charge in [-0.15, -0.1) is 11.3 Å². The Labute approximate surface area is 126 Å². The fourth-order valence-corrected chi connectivity index (χ4v) is 3.38. The zero-order chi connectivity index (χ0) is 13.1. The number of carbonyl (C=O) groups is 1. The van der Waals surface area contributed by atoms with Crippen LogP contribution in [0.3, 0.4) is 0 Å². The molecule has 0 saturated carbocycles. The van der Waals surface area contributed by atoms with Crippen LogP contribution in [0.1, 0.15) is 28.2 Å². The van der Waals surface area contributed by atoms with E-state index in [9.17, 15) is 4.79 Å². The van der Waals surface area contributed by atoms with Gasteiger partial charge in [-0.1, -0.05) is 6.07 Å². The van der Waals surface area contributed by atoms with Gasteiger partial charge < -0.3 is 5.32 Å². The van der Waals surface area contributed by atoms with Crippen LogP contribution >= 0.6 is 43.2 Å². The van der Waals surface area contributed by atoms with Crippen LogP contribution in [0.15, 0.2) is 38.9 Å². The number of nitrogens with one attached hydrogen (secondary N) is 1. The first kappa shape index (κ1) is 13.7. The van der Waals surface area contributed by atoms with Crippen molar-refractivity contribution in [1.82, 2.24) is 10.3 Å². The van der Waals surface area contributed by atoms with Crippen LogP contribution in [0.2, 0.25) is 0 Å². The number of rotatable bonds is 3. The summed E-state index contributed by atoms with van der Waals surface area (Å²) in [6.07, 6.45) is 3.47. The van der Waals surface area contributed by atoms with E-state index in [1.165, 1.54) is 11.3 Å². The van der Waals surface area contributed by atoms with Crippen LogP contribution in [0.25, 0.3) is 0 Å². The Morgan fingerprint density at radius 1 is 1.50 bits per heavy atom. The Morgan fingerprint density at radius 2 is 2.28 bits per heavy atom. The van der Waals surface area contributed by atoms with Gasteiger partial charge in [-0.25, -0.2) is 0 Å². The average Bonchev–Trinajstić information content (AvgIpc) is 2.71. The second-order valence-corrected chi connectivity index (χ2v) is 6.94. The van der Waals surface area contributed by atoms with Crippen LogP contribution in [0, 0.1) is 0 Å². The third-order valence-electron chi connectivity index (χ3n) is 2.40. The van der Waals surface area contributed by atoms with Crippen molar-refractivity contribution in [2.45, 2.75) is 13.0 Å². The first-order chi connectivity index (χ1) is 8.58. The third kappa shape index (κ3) is 3.18. The van der Waals surface area contributed by atoms with E-state index in [4.69, 9.17) is 0 Å². The molecular weight excluding hydrogens is 380 g/mol. The van der Waals surface area contributed by atoms with Crippen LogP contribution in [0.5, 0.6) is 0 Å². The molecule has 0 radical (unpaired) electrons. The van der Waals surface area contributed by atoms with Gasteiger partial charge in [-0.05, 0) is 56.5 Å². The number of hydrogen-bond donors (Lipinski definition) is 1. The van der Waals surface area contributed by atoms with Crippen molar-refractivity contribution in [1.29, 1.82) is 0 Å². The molecule has 0 aliphatic carbocycles. The number of nitrogens with zero attached hydrogens (tertiary/aromatic N) is 1. The minimum atomic E-state index is -0.0808. The summed E-state index contributed by atoms with van der Waals surface area (Å²) in [5.74, 6) is -0.0808. The predicted octanol–water partition coefficient (Wildman–Crippen LogP) is 4.16. The molecule has 2 rings (SSSR count). The minimum Gasteiger partial charge on any atom is -0.345 e. The number of pyridine rings is 1. The second kappa shape index (κ2) is 5.95. The molecule has 6 heteroatoms. The lowest BCUT2D eigenvalue weighted by Crippen LogP contribution is -2.25. The summed E-state index contributed by atoms with van der Waals surface area (Å²) in [6, 6.07) is 5.54. The largest absolute Gasteiger partial charge is 0.345 e. The summed E-state index contributed by atoms with van der Waals surface area (Å²) >= 11 is 8.15. The van der Waals surface area contributed by atoms with Crippen molar-refractivity contribution >= 4 is 49.1 Å². The maximum Gasteiger partial charge on any atom is 0.261 e. The fraction of sp³-hybridized carbons (Fsp3) is 0.167. The molecule has 18 heavy (non-hydrogen) atoms. The molecule has 1 N–H and O–H groups in total. The van der Waals surface area contributed by atoms with Crippen molar-refractivity contribution in [2.24, 2.45) is 0 Å². The molecule has 2 aromatic rings. The van der Waals surface area contributed by atoms with E-state index in [2.05, 4.69) is 42.2 Å². The number of hydrogen-bond acceptors (Lipinski definition) is 3. The van der Waals surface area contributed by atoms with Crippen LogP contribution in [-0.2, 0) is 0 Å². The molecule has 0 spiro atoms. The first-order valence-corrected chi connectivity index (χ1v) is 7.64. The van der Waals surface area contributed by atoms with Gasteiger partial charge >= 0.3 is 0 Å².